The lowest BCUT2D eigenvalue weighted by Crippen LogP contribution is -2.41. The molecule has 4 rings (SSSR count). The van der Waals surface area contributed by atoms with Gasteiger partial charge >= 0.3 is 0 Å². The molecule has 1 aliphatic heterocycles. The molecule has 0 spiro atoms. The predicted octanol–water partition coefficient (Wildman–Crippen LogP) is 3.19. The number of fused-ring (bicyclic) bond motifs is 1. The average molecular weight is 366 g/mol. The molecular formula is C20H19FN4O2. The largest absolute Gasteiger partial charge is 0.339 e. The first-order valence-corrected chi connectivity index (χ1v) is 8.89. The molecule has 0 atom stereocenters. The highest BCUT2D eigenvalue weighted by Crippen LogP contribution is 2.22. The molecule has 1 aromatic heterocycles. The number of aromatic nitrogens is 2. The van der Waals surface area contributed by atoms with E-state index in [0.29, 0.717) is 31.5 Å². The van der Waals surface area contributed by atoms with Crippen molar-refractivity contribution in [2.45, 2.75) is 12.8 Å². The maximum absolute atomic E-state index is 13.0. The van der Waals surface area contributed by atoms with Crippen LogP contribution >= 0.6 is 0 Å². The molecule has 138 valence electrons. The highest BCUT2D eigenvalue weighted by Gasteiger charge is 2.28. The standard InChI is InChI=1S/C20H19FN4O2/c21-16-3-1-14(2-4-16)20(27)25-9-7-13(8-10-25)19(26)23-17-5-6-18-15(11-17)12-22-24-18/h1-6,11-13H,7-10H2,(H,22,24)(H,23,26). The van der Waals surface area contributed by atoms with Crippen molar-refractivity contribution in [3.8, 4) is 0 Å². The second-order valence-corrected chi connectivity index (χ2v) is 6.73. The minimum atomic E-state index is -0.365. The molecule has 0 bridgehead atoms. The molecule has 0 unspecified atom stereocenters. The van der Waals surface area contributed by atoms with Crippen LogP contribution in [0, 0.1) is 11.7 Å². The lowest BCUT2D eigenvalue weighted by atomic mass is 9.95. The summed E-state index contributed by atoms with van der Waals surface area (Å²) in [4.78, 5) is 26.7. The summed E-state index contributed by atoms with van der Waals surface area (Å²) in [5.74, 6) is -0.663. The number of benzene rings is 2. The number of H-pyrrole nitrogens is 1. The van der Waals surface area contributed by atoms with E-state index in [2.05, 4.69) is 15.5 Å². The van der Waals surface area contributed by atoms with Crippen LogP contribution in [0.1, 0.15) is 23.2 Å². The monoisotopic (exact) mass is 366 g/mol. The number of likely N-dealkylation sites (tertiary alicyclic amines) is 1. The van der Waals surface area contributed by atoms with Gasteiger partial charge in [0.15, 0.2) is 0 Å². The van der Waals surface area contributed by atoms with E-state index in [1.54, 1.807) is 11.1 Å². The number of piperidine rings is 1. The summed E-state index contributed by atoms with van der Waals surface area (Å²) in [7, 11) is 0. The van der Waals surface area contributed by atoms with Crippen molar-refractivity contribution in [1.82, 2.24) is 15.1 Å². The minimum absolute atomic E-state index is 0.0354. The predicted molar refractivity (Wildman–Crippen MR) is 99.8 cm³/mol. The zero-order valence-electron chi connectivity index (χ0n) is 14.6. The van der Waals surface area contributed by atoms with Crippen molar-refractivity contribution in [3.05, 3.63) is 60.0 Å². The van der Waals surface area contributed by atoms with Crippen molar-refractivity contribution in [2.75, 3.05) is 18.4 Å². The van der Waals surface area contributed by atoms with E-state index < -0.39 is 0 Å². The van der Waals surface area contributed by atoms with Crippen LogP contribution in [-0.2, 0) is 4.79 Å². The SMILES string of the molecule is O=C(Nc1ccc2[nH]ncc2c1)C1CCN(C(=O)c2ccc(F)cc2)CC1. The van der Waals surface area contributed by atoms with Crippen LogP contribution < -0.4 is 5.32 Å². The van der Waals surface area contributed by atoms with Gasteiger partial charge in [0, 0.05) is 35.6 Å². The molecular weight excluding hydrogens is 347 g/mol. The highest BCUT2D eigenvalue weighted by atomic mass is 19.1. The number of carbonyl (C=O) groups is 2. The minimum Gasteiger partial charge on any atom is -0.339 e. The van der Waals surface area contributed by atoms with Gasteiger partial charge in [0.1, 0.15) is 5.82 Å². The molecule has 2 heterocycles. The van der Waals surface area contributed by atoms with Gasteiger partial charge in [-0.2, -0.15) is 5.10 Å². The van der Waals surface area contributed by atoms with Crippen molar-refractivity contribution in [3.63, 3.8) is 0 Å². The molecule has 1 saturated heterocycles. The van der Waals surface area contributed by atoms with E-state index in [1.807, 2.05) is 18.2 Å². The molecule has 3 aromatic rings. The first-order chi connectivity index (χ1) is 13.1. The molecule has 6 nitrogen and oxygen atoms in total. The third-order valence-electron chi connectivity index (χ3n) is 4.95. The van der Waals surface area contributed by atoms with Gasteiger partial charge in [0.2, 0.25) is 5.91 Å². The van der Waals surface area contributed by atoms with Gasteiger partial charge in [0.25, 0.3) is 5.91 Å². The Labute approximate surface area is 155 Å². The highest BCUT2D eigenvalue weighted by molar-refractivity contribution is 5.96. The van der Waals surface area contributed by atoms with E-state index in [-0.39, 0.29) is 23.5 Å². The number of carbonyl (C=O) groups excluding carboxylic acids is 2. The number of rotatable bonds is 3. The molecule has 2 N–H and O–H groups in total. The van der Waals surface area contributed by atoms with E-state index in [4.69, 9.17) is 0 Å². The molecule has 2 aromatic carbocycles. The van der Waals surface area contributed by atoms with Crippen molar-refractivity contribution in [1.29, 1.82) is 0 Å². The zero-order valence-corrected chi connectivity index (χ0v) is 14.6. The van der Waals surface area contributed by atoms with Gasteiger partial charge in [-0.15, -0.1) is 0 Å². The quantitative estimate of drug-likeness (QED) is 0.747. The summed E-state index contributed by atoms with van der Waals surface area (Å²) >= 11 is 0. The number of hydrogen-bond acceptors (Lipinski definition) is 3. The summed E-state index contributed by atoms with van der Waals surface area (Å²) in [5.41, 5.74) is 2.12. The Morgan fingerprint density at radius 1 is 1.11 bits per heavy atom. The Bertz CT molecular complexity index is 975. The third-order valence-corrected chi connectivity index (χ3v) is 4.95. The topological polar surface area (TPSA) is 78.1 Å². The smallest absolute Gasteiger partial charge is 0.253 e. The number of anilines is 1. The number of nitrogens with one attached hydrogen (secondary N) is 2. The van der Waals surface area contributed by atoms with Gasteiger partial charge in [0.05, 0.1) is 11.7 Å². The summed E-state index contributed by atoms with van der Waals surface area (Å²) in [6, 6.07) is 11.1. The Morgan fingerprint density at radius 2 is 1.85 bits per heavy atom. The number of amides is 2. The lowest BCUT2D eigenvalue weighted by molar-refractivity contribution is -0.121. The van der Waals surface area contributed by atoms with Crippen LogP contribution in [0.4, 0.5) is 10.1 Å². The summed E-state index contributed by atoms with van der Waals surface area (Å²) in [6.07, 6.45) is 2.92. The second kappa shape index (κ2) is 7.19. The molecule has 0 saturated carbocycles. The van der Waals surface area contributed by atoms with Crippen molar-refractivity contribution >= 4 is 28.4 Å². The molecule has 27 heavy (non-hydrogen) atoms. The molecule has 0 aliphatic carbocycles. The normalized spacial score (nSPS) is 15.1. The first-order valence-electron chi connectivity index (χ1n) is 8.89. The van der Waals surface area contributed by atoms with Crippen LogP contribution in [0.25, 0.3) is 10.9 Å². The average Bonchev–Trinajstić information content (AvgIpc) is 3.16. The van der Waals surface area contributed by atoms with Crippen molar-refractivity contribution < 1.29 is 14.0 Å². The Morgan fingerprint density at radius 3 is 2.59 bits per heavy atom. The Balaban J connectivity index is 1.34. The molecule has 2 amide bonds. The Kier molecular flexibility index (Phi) is 4.58. The molecule has 7 heteroatoms. The fourth-order valence-electron chi connectivity index (χ4n) is 3.38. The van der Waals surface area contributed by atoms with E-state index in [0.717, 1.165) is 16.6 Å². The zero-order chi connectivity index (χ0) is 18.8. The number of halogens is 1. The number of aromatic amines is 1. The lowest BCUT2D eigenvalue weighted by Gasteiger charge is -2.31. The van der Waals surface area contributed by atoms with E-state index >= 15 is 0 Å². The van der Waals surface area contributed by atoms with E-state index in [9.17, 15) is 14.0 Å². The van der Waals surface area contributed by atoms with Gasteiger partial charge in [-0.05, 0) is 55.3 Å². The van der Waals surface area contributed by atoms with Crippen LogP contribution in [0.2, 0.25) is 0 Å². The van der Waals surface area contributed by atoms with Gasteiger partial charge in [-0.1, -0.05) is 0 Å². The third kappa shape index (κ3) is 3.67. The van der Waals surface area contributed by atoms with Crippen LogP contribution in [-0.4, -0.2) is 40.0 Å². The van der Waals surface area contributed by atoms with Crippen LogP contribution in [0.3, 0.4) is 0 Å². The first kappa shape index (κ1) is 17.2. The molecule has 0 radical (unpaired) electrons. The van der Waals surface area contributed by atoms with Crippen LogP contribution in [0.15, 0.2) is 48.7 Å². The van der Waals surface area contributed by atoms with Crippen molar-refractivity contribution in [2.24, 2.45) is 5.92 Å². The van der Waals surface area contributed by atoms with E-state index in [1.165, 1.54) is 24.3 Å². The maximum Gasteiger partial charge on any atom is 0.253 e. The fraction of sp³-hybridized carbons (Fsp3) is 0.250. The Hall–Kier alpha value is -3.22. The van der Waals surface area contributed by atoms with Gasteiger partial charge < -0.3 is 10.2 Å². The summed E-state index contributed by atoms with van der Waals surface area (Å²) < 4.78 is 13.0. The molecule has 1 aliphatic rings. The number of hydrogen-bond donors (Lipinski definition) is 2. The van der Waals surface area contributed by atoms with Gasteiger partial charge in [-0.25, -0.2) is 4.39 Å². The summed E-state index contributed by atoms with van der Waals surface area (Å²) in [5, 5.41) is 10.7. The second-order valence-electron chi connectivity index (χ2n) is 6.73. The molecule has 1 fully saturated rings. The number of nitrogens with zero attached hydrogens (tertiary/aromatic N) is 2. The summed E-state index contributed by atoms with van der Waals surface area (Å²) in [6.45, 7) is 1.02. The fourth-order valence-corrected chi connectivity index (χ4v) is 3.38. The maximum atomic E-state index is 13.0. The van der Waals surface area contributed by atoms with Crippen LogP contribution in [0.5, 0.6) is 0 Å². The van der Waals surface area contributed by atoms with Gasteiger partial charge in [-0.3, -0.25) is 14.7 Å².